The number of rotatable bonds is 12. The zero-order chi connectivity index (χ0) is 26.6. The molecular formula is C28H29BrN2O6. The number of hydrogen-bond donors (Lipinski definition) is 1. The highest BCUT2D eigenvalue weighted by Crippen LogP contribution is 2.29. The van der Waals surface area contributed by atoms with E-state index in [1.807, 2.05) is 26.0 Å². The van der Waals surface area contributed by atoms with Gasteiger partial charge in [0, 0.05) is 4.47 Å². The van der Waals surface area contributed by atoms with Gasteiger partial charge in [-0.15, -0.1) is 0 Å². The van der Waals surface area contributed by atoms with Crippen molar-refractivity contribution in [2.45, 2.75) is 33.3 Å². The second kappa shape index (κ2) is 14.0. The number of carbonyl (C=O) groups excluding carboxylic acids is 2. The predicted octanol–water partition coefficient (Wildman–Crippen LogP) is 5.77. The summed E-state index contributed by atoms with van der Waals surface area (Å²) in [6.07, 6.45) is 1.62. The van der Waals surface area contributed by atoms with Crippen LogP contribution in [0.3, 0.4) is 0 Å². The topological polar surface area (TPSA) is 95.5 Å². The minimum Gasteiger partial charge on any atom is -0.494 e. The monoisotopic (exact) mass is 568 g/mol. The molecule has 0 saturated heterocycles. The van der Waals surface area contributed by atoms with E-state index in [4.69, 9.17) is 18.9 Å². The highest BCUT2D eigenvalue weighted by Gasteiger charge is 2.15. The van der Waals surface area contributed by atoms with Crippen LogP contribution in [-0.2, 0) is 4.79 Å². The maximum atomic E-state index is 12.6. The lowest BCUT2D eigenvalue weighted by Gasteiger charge is -2.13. The molecule has 0 radical (unpaired) electrons. The van der Waals surface area contributed by atoms with Crippen molar-refractivity contribution in [2.24, 2.45) is 5.10 Å². The number of benzene rings is 3. The summed E-state index contributed by atoms with van der Waals surface area (Å²) < 4.78 is 23.3. The zero-order valence-corrected chi connectivity index (χ0v) is 22.5. The summed E-state index contributed by atoms with van der Waals surface area (Å²) in [5.74, 6) is 0.995. The summed E-state index contributed by atoms with van der Waals surface area (Å²) in [6, 6.07) is 18.9. The Bertz CT molecular complexity index is 1210. The Kier molecular flexibility index (Phi) is 10.5. The van der Waals surface area contributed by atoms with Crippen LogP contribution in [-0.4, -0.2) is 37.4 Å². The summed E-state index contributed by atoms with van der Waals surface area (Å²) in [4.78, 5) is 24.9. The first-order chi connectivity index (χ1) is 17.9. The van der Waals surface area contributed by atoms with Gasteiger partial charge >= 0.3 is 5.97 Å². The number of ether oxygens (including phenoxy) is 4. The molecule has 3 rings (SSSR count). The van der Waals surface area contributed by atoms with Crippen LogP contribution in [0, 0.1) is 0 Å². The van der Waals surface area contributed by atoms with Gasteiger partial charge in [-0.2, -0.15) is 5.10 Å². The molecular weight excluding hydrogens is 540 g/mol. The molecule has 3 aromatic carbocycles. The van der Waals surface area contributed by atoms with Gasteiger partial charge in [0.25, 0.3) is 5.91 Å². The lowest BCUT2D eigenvalue weighted by molar-refractivity contribution is -0.127. The van der Waals surface area contributed by atoms with Crippen molar-refractivity contribution >= 4 is 34.0 Å². The van der Waals surface area contributed by atoms with E-state index in [9.17, 15) is 9.59 Å². The molecule has 3 aromatic rings. The minimum absolute atomic E-state index is 0.274. The van der Waals surface area contributed by atoms with E-state index in [2.05, 4.69) is 26.5 Å². The third-order valence-corrected chi connectivity index (χ3v) is 5.45. The number of halogens is 1. The molecule has 0 aromatic heterocycles. The molecule has 0 spiro atoms. The molecule has 1 atom stereocenters. The SMILES string of the molecule is CCCOc1ccc(C(=O)Oc2ccc(/C=N\NC(=O)[C@@H](C)Oc3ccc(Br)cc3)cc2OCC)cc1. The van der Waals surface area contributed by atoms with E-state index in [0.29, 0.717) is 41.6 Å². The van der Waals surface area contributed by atoms with Crippen LogP contribution in [0.4, 0.5) is 0 Å². The van der Waals surface area contributed by atoms with Gasteiger partial charge in [0.1, 0.15) is 11.5 Å². The second-order valence-electron chi connectivity index (χ2n) is 7.85. The van der Waals surface area contributed by atoms with E-state index in [1.54, 1.807) is 61.5 Å². The first-order valence-corrected chi connectivity index (χ1v) is 12.7. The third kappa shape index (κ3) is 8.64. The Balaban J connectivity index is 1.60. The van der Waals surface area contributed by atoms with E-state index in [0.717, 1.165) is 10.9 Å². The molecule has 0 aliphatic rings. The van der Waals surface area contributed by atoms with Crippen LogP contribution in [0.1, 0.15) is 43.1 Å². The van der Waals surface area contributed by atoms with Gasteiger partial charge in [0.15, 0.2) is 17.6 Å². The molecule has 8 nitrogen and oxygen atoms in total. The molecule has 0 fully saturated rings. The molecule has 0 aliphatic carbocycles. The van der Waals surface area contributed by atoms with Gasteiger partial charge < -0.3 is 18.9 Å². The van der Waals surface area contributed by atoms with E-state index in [-0.39, 0.29) is 5.75 Å². The number of nitrogens with zero attached hydrogens (tertiary/aromatic N) is 1. The summed E-state index contributed by atoms with van der Waals surface area (Å²) in [7, 11) is 0. The lowest BCUT2D eigenvalue weighted by Crippen LogP contribution is -2.33. The molecule has 1 N–H and O–H groups in total. The maximum Gasteiger partial charge on any atom is 0.343 e. The molecule has 0 heterocycles. The van der Waals surface area contributed by atoms with Crippen molar-refractivity contribution in [2.75, 3.05) is 13.2 Å². The summed E-state index contributed by atoms with van der Waals surface area (Å²) in [5.41, 5.74) is 3.49. The number of hydrazone groups is 1. The van der Waals surface area contributed by atoms with Crippen LogP contribution in [0.15, 0.2) is 76.3 Å². The number of esters is 1. The zero-order valence-electron chi connectivity index (χ0n) is 20.9. The highest BCUT2D eigenvalue weighted by atomic mass is 79.9. The minimum atomic E-state index is -0.744. The van der Waals surface area contributed by atoms with E-state index >= 15 is 0 Å². The Morgan fingerprint density at radius 1 is 0.946 bits per heavy atom. The van der Waals surface area contributed by atoms with E-state index in [1.165, 1.54) is 6.21 Å². The molecule has 0 saturated carbocycles. The number of nitrogens with one attached hydrogen (secondary N) is 1. The lowest BCUT2D eigenvalue weighted by atomic mass is 10.2. The van der Waals surface area contributed by atoms with Crippen LogP contribution >= 0.6 is 15.9 Å². The molecule has 194 valence electrons. The molecule has 0 unspecified atom stereocenters. The van der Waals surface area contributed by atoms with Crippen molar-refractivity contribution in [3.05, 3.63) is 82.3 Å². The second-order valence-corrected chi connectivity index (χ2v) is 8.77. The largest absolute Gasteiger partial charge is 0.494 e. The molecule has 9 heteroatoms. The van der Waals surface area contributed by atoms with Gasteiger partial charge in [-0.25, -0.2) is 10.2 Å². The standard InChI is InChI=1S/C28H29BrN2O6/c1-4-16-35-23-11-7-21(8-12-23)28(33)37-25-15-6-20(17-26(25)34-5-2)18-30-31-27(32)19(3)36-24-13-9-22(29)10-14-24/h6-15,17-19H,4-5,16H2,1-3H3,(H,31,32)/b30-18-/t19-/m1/s1. The first-order valence-electron chi connectivity index (χ1n) is 11.9. The molecule has 37 heavy (non-hydrogen) atoms. The van der Waals surface area contributed by atoms with Crippen molar-refractivity contribution in [1.29, 1.82) is 0 Å². The normalized spacial score (nSPS) is 11.6. The summed E-state index contributed by atoms with van der Waals surface area (Å²) in [5, 5.41) is 4.00. The van der Waals surface area contributed by atoms with Crippen molar-refractivity contribution in [3.63, 3.8) is 0 Å². The number of amides is 1. The molecule has 0 bridgehead atoms. The molecule has 0 aliphatic heterocycles. The van der Waals surface area contributed by atoms with Gasteiger partial charge in [-0.1, -0.05) is 22.9 Å². The van der Waals surface area contributed by atoms with Crippen molar-refractivity contribution < 1.29 is 28.5 Å². The van der Waals surface area contributed by atoms with Gasteiger partial charge in [0.2, 0.25) is 0 Å². The van der Waals surface area contributed by atoms with Crippen molar-refractivity contribution in [3.8, 4) is 23.0 Å². The smallest absolute Gasteiger partial charge is 0.343 e. The Morgan fingerprint density at radius 3 is 2.32 bits per heavy atom. The van der Waals surface area contributed by atoms with Gasteiger partial charge in [-0.3, -0.25) is 4.79 Å². The third-order valence-electron chi connectivity index (χ3n) is 4.92. The maximum absolute atomic E-state index is 12.6. The fourth-order valence-corrected chi connectivity index (χ4v) is 3.32. The quantitative estimate of drug-likeness (QED) is 0.129. The Morgan fingerprint density at radius 2 is 1.65 bits per heavy atom. The van der Waals surface area contributed by atoms with Gasteiger partial charge in [-0.05, 0) is 92.6 Å². The fourth-order valence-electron chi connectivity index (χ4n) is 3.06. The van der Waals surface area contributed by atoms with E-state index < -0.39 is 18.0 Å². The van der Waals surface area contributed by atoms with Crippen LogP contribution in [0.5, 0.6) is 23.0 Å². The predicted molar refractivity (Wildman–Crippen MR) is 145 cm³/mol. The number of hydrogen-bond acceptors (Lipinski definition) is 7. The first kappa shape index (κ1) is 27.7. The van der Waals surface area contributed by atoms with Gasteiger partial charge in [0.05, 0.1) is 25.0 Å². The number of carbonyl (C=O) groups is 2. The molecule has 1 amide bonds. The van der Waals surface area contributed by atoms with Crippen molar-refractivity contribution in [1.82, 2.24) is 5.43 Å². The van der Waals surface area contributed by atoms with Crippen LogP contribution in [0.2, 0.25) is 0 Å². The Labute approximate surface area is 224 Å². The highest BCUT2D eigenvalue weighted by molar-refractivity contribution is 9.10. The average molecular weight is 569 g/mol. The van der Waals surface area contributed by atoms with Crippen LogP contribution in [0.25, 0.3) is 0 Å². The summed E-state index contributed by atoms with van der Waals surface area (Å²) in [6.45, 7) is 6.47. The summed E-state index contributed by atoms with van der Waals surface area (Å²) >= 11 is 3.36. The Hall–Kier alpha value is -3.85. The van der Waals surface area contributed by atoms with Crippen LogP contribution < -0.4 is 24.4 Å². The average Bonchev–Trinajstić information content (AvgIpc) is 2.90. The fraction of sp³-hybridized carbons (Fsp3) is 0.250.